The normalized spacial score (nSPS) is 11.9. The minimum atomic E-state index is -0.619. The molecule has 4 nitrogen and oxygen atoms in total. The molecule has 0 saturated carbocycles. The average Bonchev–Trinajstić information content (AvgIpc) is 2.52. The van der Waals surface area contributed by atoms with Crippen LogP contribution in [0, 0.1) is 0 Å². The lowest BCUT2D eigenvalue weighted by molar-refractivity contribution is 0.0469. The van der Waals surface area contributed by atoms with E-state index in [1.54, 1.807) is 0 Å². The predicted molar refractivity (Wildman–Crippen MR) is 84.0 cm³/mol. The summed E-state index contributed by atoms with van der Waals surface area (Å²) >= 11 is 0. The Morgan fingerprint density at radius 3 is 2.64 bits per heavy atom. The fourth-order valence-corrected chi connectivity index (χ4v) is 2.14. The number of esters is 1. The zero-order valence-corrected chi connectivity index (χ0v) is 12.7. The Morgan fingerprint density at radius 2 is 1.95 bits per heavy atom. The van der Waals surface area contributed by atoms with E-state index in [2.05, 4.69) is 19.9 Å². The molecule has 2 aromatic rings. The molecule has 0 bridgehead atoms. The zero-order valence-electron chi connectivity index (χ0n) is 12.7. The summed E-state index contributed by atoms with van der Waals surface area (Å²) in [5.41, 5.74) is 2.16. The molecule has 0 heterocycles. The second-order valence-corrected chi connectivity index (χ2v) is 5.33. The van der Waals surface area contributed by atoms with Gasteiger partial charge in [0.05, 0.1) is 0 Å². The lowest BCUT2D eigenvalue weighted by Crippen LogP contribution is -2.06. The van der Waals surface area contributed by atoms with E-state index in [1.165, 1.54) is 17.7 Å². The van der Waals surface area contributed by atoms with Crippen LogP contribution in [0.1, 0.15) is 47.7 Å². The highest BCUT2D eigenvalue weighted by molar-refractivity contribution is 5.92. The third-order valence-corrected chi connectivity index (χ3v) is 3.70. The third kappa shape index (κ3) is 3.79. The minimum Gasteiger partial charge on any atom is -0.508 e. The highest BCUT2D eigenvalue weighted by atomic mass is 16.5. The van der Waals surface area contributed by atoms with Crippen molar-refractivity contribution < 1.29 is 19.7 Å². The summed E-state index contributed by atoms with van der Waals surface area (Å²) < 4.78 is 5.22. The number of hydrogen-bond donors (Lipinski definition) is 2. The van der Waals surface area contributed by atoms with Gasteiger partial charge in [0.25, 0.3) is 0 Å². The summed E-state index contributed by atoms with van der Waals surface area (Å²) in [6.07, 6.45) is 1.05. The molecule has 0 aliphatic rings. The molecular formula is C18H20O4. The van der Waals surface area contributed by atoms with Gasteiger partial charge in [-0.3, -0.25) is 0 Å². The van der Waals surface area contributed by atoms with Crippen LogP contribution in [0.3, 0.4) is 0 Å². The number of carbonyl (C=O) groups is 1. The molecule has 116 valence electrons. The molecule has 2 N–H and O–H groups in total. The molecule has 0 spiro atoms. The van der Waals surface area contributed by atoms with Gasteiger partial charge in [0, 0.05) is 6.07 Å². The van der Waals surface area contributed by atoms with E-state index < -0.39 is 5.97 Å². The molecule has 0 aliphatic carbocycles. The number of phenols is 2. The van der Waals surface area contributed by atoms with E-state index in [0.717, 1.165) is 18.1 Å². The van der Waals surface area contributed by atoms with Gasteiger partial charge in [-0.25, -0.2) is 4.79 Å². The van der Waals surface area contributed by atoms with Crippen LogP contribution in [0.5, 0.6) is 11.5 Å². The smallest absolute Gasteiger partial charge is 0.342 e. The summed E-state index contributed by atoms with van der Waals surface area (Å²) in [5, 5.41) is 18.9. The van der Waals surface area contributed by atoms with Gasteiger partial charge in [-0.1, -0.05) is 38.1 Å². The molecule has 0 amide bonds. The van der Waals surface area contributed by atoms with Crippen LogP contribution in [0.2, 0.25) is 0 Å². The van der Waals surface area contributed by atoms with E-state index in [-0.39, 0.29) is 23.7 Å². The number of ether oxygens (including phenoxy) is 1. The quantitative estimate of drug-likeness (QED) is 0.820. The molecule has 0 saturated heterocycles. The standard InChI is InChI=1S/C18H20O4/c1-3-12(2)14-6-4-5-13(9-14)11-22-18(21)16-8-7-15(19)10-17(16)20/h4-10,12,19-20H,3,11H2,1-2H3. The first-order valence-electron chi connectivity index (χ1n) is 7.29. The molecule has 0 radical (unpaired) electrons. The van der Waals surface area contributed by atoms with Crippen molar-refractivity contribution in [3.8, 4) is 11.5 Å². The Morgan fingerprint density at radius 1 is 1.18 bits per heavy atom. The minimum absolute atomic E-state index is 0.0379. The monoisotopic (exact) mass is 300 g/mol. The van der Waals surface area contributed by atoms with Crippen molar-refractivity contribution in [2.45, 2.75) is 32.8 Å². The number of hydrogen-bond acceptors (Lipinski definition) is 4. The fraction of sp³-hybridized carbons (Fsp3) is 0.278. The van der Waals surface area contributed by atoms with Crippen molar-refractivity contribution in [3.05, 3.63) is 59.2 Å². The second-order valence-electron chi connectivity index (χ2n) is 5.33. The van der Waals surface area contributed by atoms with Crippen LogP contribution < -0.4 is 0 Å². The van der Waals surface area contributed by atoms with Crippen molar-refractivity contribution in [1.82, 2.24) is 0 Å². The van der Waals surface area contributed by atoms with Crippen molar-refractivity contribution in [2.75, 3.05) is 0 Å². The number of rotatable bonds is 5. The van der Waals surface area contributed by atoms with Gasteiger partial charge in [0.1, 0.15) is 23.7 Å². The molecule has 22 heavy (non-hydrogen) atoms. The second kappa shape index (κ2) is 6.98. The highest BCUT2D eigenvalue weighted by Crippen LogP contribution is 2.24. The van der Waals surface area contributed by atoms with Gasteiger partial charge in [-0.15, -0.1) is 0 Å². The molecule has 1 atom stereocenters. The molecule has 0 fully saturated rings. The summed E-state index contributed by atoms with van der Waals surface area (Å²) in [7, 11) is 0. The molecule has 0 aromatic heterocycles. The molecule has 4 heteroatoms. The third-order valence-electron chi connectivity index (χ3n) is 3.70. The Kier molecular flexibility index (Phi) is 5.04. The first-order chi connectivity index (χ1) is 10.5. The van der Waals surface area contributed by atoms with Crippen LogP contribution in [0.25, 0.3) is 0 Å². The van der Waals surface area contributed by atoms with E-state index in [4.69, 9.17) is 4.74 Å². The SMILES string of the molecule is CCC(C)c1cccc(COC(=O)c2ccc(O)cc2O)c1. The maximum atomic E-state index is 12.0. The van der Waals surface area contributed by atoms with Crippen LogP contribution in [0.15, 0.2) is 42.5 Å². The summed E-state index contributed by atoms with van der Waals surface area (Å²) in [5.74, 6) is -0.558. The lowest BCUT2D eigenvalue weighted by atomic mass is 9.97. The largest absolute Gasteiger partial charge is 0.508 e. The first kappa shape index (κ1) is 15.9. The van der Waals surface area contributed by atoms with E-state index in [1.807, 2.05) is 18.2 Å². The number of phenolic OH excluding ortho intramolecular Hbond substituents is 2. The van der Waals surface area contributed by atoms with Crippen molar-refractivity contribution >= 4 is 5.97 Å². The Hall–Kier alpha value is -2.49. The van der Waals surface area contributed by atoms with Crippen LogP contribution >= 0.6 is 0 Å². The van der Waals surface area contributed by atoms with Gasteiger partial charge in [-0.05, 0) is 35.6 Å². The number of carbonyl (C=O) groups excluding carboxylic acids is 1. The van der Waals surface area contributed by atoms with Crippen LogP contribution in [0.4, 0.5) is 0 Å². The zero-order chi connectivity index (χ0) is 16.1. The lowest BCUT2D eigenvalue weighted by Gasteiger charge is -2.11. The number of aromatic hydroxyl groups is 2. The topological polar surface area (TPSA) is 66.8 Å². The fourth-order valence-electron chi connectivity index (χ4n) is 2.14. The van der Waals surface area contributed by atoms with Crippen molar-refractivity contribution in [2.24, 2.45) is 0 Å². The molecule has 2 rings (SSSR count). The van der Waals surface area contributed by atoms with E-state index in [9.17, 15) is 15.0 Å². The van der Waals surface area contributed by atoms with Gasteiger partial charge < -0.3 is 14.9 Å². The Bertz CT molecular complexity index is 664. The van der Waals surface area contributed by atoms with Crippen molar-refractivity contribution in [3.63, 3.8) is 0 Å². The van der Waals surface area contributed by atoms with Gasteiger partial charge in [0.2, 0.25) is 0 Å². The Balaban J connectivity index is 2.05. The van der Waals surface area contributed by atoms with E-state index in [0.29, 0.717) is 5.92 Å². The van der Waals surface area contributed by atoms with Crippen LogP contribution in [-0.4, -0.2) is 16.2 Å². The Labute approximate surface area is 130 Å². The summed E-state index contributed by atoms with van der Waals surface area (Å²) in [6, 6.07) is 11.7. The average molecular weight is 300 g/mol. The predicted octanol–water partition coefficient (Wildman–Crippen LogP) is 3.97. The summed E-state index contributed by atoms with van der Waals surface area (Å²) in [6.45, 7) is 4.42. The number of benzene rings is 2. The molecule has 0 aliphatic heterocycles. The summed E-state index contributed by atoms with van der Waals surface area (Å²) in [4.78, 5) is 12.0. The van der Waals surface area contributed by atoms with Crippen LogP contribution in [-0.2, 0) is 11.3 Å². The maximum absolute atomic E-state index is 12.0. The molecular weight excluding hydrogens is 280 g/mol. The van der Waals surface area contributed by atoms with Gasteiger partial charge in [-0.2, -0.15) is 0 Å². The maximum Gasteiger partial charge on any atom is 0.342 e. The molecule has 1 unspecified atom stereocenters. The molecule has 2 aromatic carbocycles. The van der Waals surface area contributed by atoms with E-state index >= 15 is 0 Å². The first-order valence-corrected chi connectivity index (χ1v) is 7.29. The van der Waals surface area contributed by atoms with Gasteiger partial charge >= 0.3 is 5.97 Å². The van der Waals surface area contributed by atoms with Gasteiger partial charge in [0.15, 0.2) is 0 Å². The van der Waals surface area contributed by atoms with Crippen molar-refractivity contribution in [1.29, 1.82) is 0 Å². The highest BCUT2D eigenvalue weighted by Gasteiger charge is 2.13.